The number of hydrogen-bond donors (Lipinski definition) is 1. The summed E-state index contributed by atoms with van der Waals surface area (Å²) in [5.74, 6) is 0.949. The van der Waals surface area contributed by atoms with Crippen LogP contribution in [0.15, 0.2) is 52.6 Å². The normalized spacial score (nSPS) is 11.0. The van der Waals surface area contributed by atoms with E-state index in [0.29, 0.717) is 27.4 Å². The van der Waals surface area contributed by atoms with Crippen molar-refractivity contribution in [3.05, 3.63) is 80.7 Å². The van der Waals surface area contributed by atoms with Crippen LogP contribution in [-0.4, -0.2) is 22.9 Å². The summed E-state index contributed by atoms with van der Waals surface area (Å²) >= 11 is 1.42. The minimum atomic E-state index is -0.220. The van der Waals surface area contributed by atoms with E-state index in [0.717, 1.165) is 11.1 Å². The maximum Gasteiger partial charge on any atom is 0.260 e. The Kier molecular flexibility index (Phi) is 5.03. The number of H-pyrrole nitrogens is 1. The highest BCUT2D eigenvalue weighted by molar-refractivity contribution is 7.17. The molecule has 0 amide bonds. The number of nitrogens with zero attached hydrogens (tertiary/aromatic N) is 1. The van der Waals surface area contributed by atoms with Gasteiger partial charge in [-0.25, -0.2) is 4.98 Å². The zero-order valence-electron chi connectivity index (χ0n) is 16.4. The monoisotopic (exact) mass is 404 g/mol. The van der Waals surface area contributed by atoms with Gasteiger partial charge in [0.25, 0.3) is 5.56 Å². The lowest BCUT2D eigenvalue weighted by molar-refractivity contribution is 0.0991. The Balaban J connectivity index is 1.67. The topological polar surface area (TPSA) is 72.0 Å². The molecule has 0 saturated heterocycles. The summed E-state index contributed by atoms with van der Waals surface area (Å²) in [6.45, 7) is 4.12. The Hall–Kier alpha value is -3.25. The SMILES string of the molecule is COc1ccc(C(=O)Cc2nc3scc(-c4ccc(C)c(C)c4)c3c(=O)[nH]2)cc1. The van der Waals surface area contributed by atoms with E-state index in [1.807, 2.05) is 11.4 Å². The summed E-state index contributed by atoms with van der Waals surface area (Å²) in [5.41, 5.74) is 4.58. The van der Waals surface area contributed by atoms with Crippen LogP contribution in [0.1, 0.15) is 27.3 Å². The molecule has 0 fully saturated rings. The largest absolute Gasteiger partial charge is 0.497 e. The summed E-state index contributed by atoms with van der Waals surface area (Å²) in [7, 11) is 1.58. The average Bonchev–Trinajstić information content (AvgIpc) is 3.14. The number of aromatic nitrogens is 2. The van der Waals surface area contributed by atoms with Crippen molar-refractivity contribution in [2.24, 2.45) is 0 Å². The number of aryl methyl sites for hydroxylation is 2. The van der Waals surface area contributed by atoms with Gasteiger partial charge in [-0.1, -0.05) is 18.2 Å². The molecule has 2 heterocycles. The number of fused-ring (bicyclic) bond motifs is 1. The summed E-state index contributed by atoms with van der Waals surface area (Å²) in [4.78, 5) is 33.3. The minimum Gasteiger partial charge on any atom is -0.497 e. The Labute approximate surface area is 172 Å². The number of carbonyl (C=O) groups excluding carboxylic acids is 1. The number of hydrogen-bond acceptors (Lipinski definition) is 5. The van der Waals surface area contributed by atoms with Gasteiger partial charge in [0.15, 0.2) is 5.78 Å². The molecule has 0 unspecified atom stereocenters. The first kappa shape index (κ1) is 19.1. The first-order chi connectivity index (χ1) is 14.0. The van der Waals surface area contributed by atoms with Gasteiger partial charge in [-0.2, -0.15) is 0 Å². The van der Waals surface area contributed by atoms with Crippen molar-refractivity contribution >= 4 is 27.3 Å². The molecule has 146 valence electrons. The highest BCUT2D eigenvalue weighted by Crippen LogP contribution is 2.31. The van der Waals surface area contributed by atoms with Crippen LogP contribution in [0.25, 0.3) is 21.3 Å². The fraction of sp³-hybridized carbons (Fsp3) is 0.174. The molecule has 4 rings (SSSR count). The van der Waals surface area contributed by atoms with Crippen LogP contribution in [0.4, 0.5) is 0 Å². The molecule has 4 aromatic rings. The Morgan fingerprint density at radius 2 is 1.86 bits per heavy atom. The number of ketones is 1. The van der Waals surface area contributed by atoms with E-state index >= 15 is 0 Å². The highest BCUT2D eigenvalue weighted by Gasteiger charge is 2.15. The third kappa shape index (κ3) is 3.71. The minimum absolute atomic E-state index is 0.0361. The molecule has 2 aromatic heterocycles. The van der Waals surface area contributed by atoms with Crippen molar-refractivity contribution < 1.29 is 9.53 Å². The van der Waals surface area contributed by atoms with E-state index in [4.69, 9.17) is 4.74 Å². The lowest BCUT2D eigenvalue weighted by atomic mass is 10.0. The van der Waals surface area contributed by atoms with E-state index in [-0.39, 0.29) is 17.8 Å². The smallest absolute Gasteiger partial charge is 0.260 e. The maximum atomic E-state index is 12.8. The van der Waals surface area contributed by atoms with Crippen molar-refractivity contribution in [2.45, 2.75) is 20.3 Å². The first-order valence-electron chi connectivity index (χ1n) is 9.21. The fourth-order valence-corrected chi connectivity index (χ4v) is 4.20. The Bertz CT molecular complexity index is 1270. The molecule has 1 N–H and O–H groups in total. The Morgan fingerprint density at radius 1 is 1.10 bits per heavy atom. The van der Waals surface area contributed by atoms with Crippen LogP contribution in [0.5, 0.6) is 5.75 Å². The van der Waals surface area contributed by atoms with Gasteiger partial charge >= 0.3 is 0 Å². The molecule has 0 spiro atoms. The molecular formula is C23H20N2O3S. The molecule has 0 bridgehead atoms. The van der Waals surface area contributed by atoms with Crippen LogP contribution in [0, 0.1) is 13.8 Å². The number of Topliss-reactive ketones (excluding diaryl/α,β-unsaturated/α-hetero) is 1. The van der Waals surface area contributed by atoms with Gasteiger partial charge in [0.2, 0.25) is 0 Å². The lowest BCUT2D eigenvalue weighted by Crippen LogP contribution is -2.15. The zero-order chi connectivity index (χ0) is 20.5. The van der Waals surface area contributed by atoms with Gasteiger partial charge in [-0.3, -0.25) is 9.59 Å². The molecule has 0 atom stereocenters. The second-order valence-electron chi connectivity index (χ2n) is 6.97. The number of carbonyl (C=O) groups is 1. The third-order valence-electron chi connectivity index (χ3n) is 5.05. The predicted octanol–water partition coefficient (Wildman–Crippen LogP) is 4.70. The van der Waals surface area contributed by atoms with Gasteiger partial charge in [-0.05, 0) is 54.8 Å². The van der Waals surface area contributed by atoms with Crippen LogP contribution >= 0.6 is 11.3 Å². The predicted molar refractivity (Wildman–Crippen MR) is 116 cm³/mol. The molecule has 0 aliphatic rings. The van der Waals surface area contributed by atoms with E-state index in [2.05, 4.69) is 35.9 Å². The van der Waals surface area contributed by atoms with E-state index < -0.39 is 0 Å². The van der Waals surface area contributed by atoms with Gasteiger partial charge in [0, 0.05) is 16.5 Å². The molecule has 0 aliphatic carbocycles. The number of nitrogens with one attached hydrogen (secondary N) is 1. The fourth-order valence-electron chi connectivity index (χ4n) is 3.23. The molecule has 2 aromatic carbocycles. The van der Waals surface area contributed by atoms with Crippen LogP contribution in [-0.2, 0) is 6.42 Å². The van der Waals surface area contributed by atoms with Crippen molar-refractivity contribution in [3.63, 3.8) is 0 Å². The molecule has 0 saturated carbocycles. The Morgan fingerprint density at radius 3 is 2.55 bits per heavy atom. The lowest BCUT2D eigenvalue weighted by Gasteiger charge is -2.05. The zero-order valence-corrected chi connectivity index (χ0v) is 17.2. The highest BCUT2D eigenvalue weighted by atomic mass is 32.1. The number of benzene rings is 2. The van der Waals surface area contributed by atoms with E-state index in [1.165, 1.54) is 22.5 Å². The van der Waals surface area contributed by atoms with Crippen molar-refractivity contribution in [1.82, 2.24) is 9.97 Å². The van der Waals surface area contributed by atoms with Crippen LogP contribution < -0.4 is 10.3 Å². The number of aromatic amines is 1. The van der Waals surface area contributed by atoms with Crippen molar-refractivity contribution in [3.8, 4) is 16.9 Å². The average molecular weight is 404 g/mol. The quantitative estimate of drug-likeness (QED) is 0.489. The molecule has 5 nitrogen and oxygen atoms in total. The molecule has 29 heavy (non-hydrogen) atoms. The standard InChI is InChI=1S/C23H20N2O3S/c1-13-4-5-16(10-14(13)2)18-12-29-23-21(18)22(27)24-20(25-23)11-19(26)15-6-8-17(28-3)9-7-15/h4-10,12H,11H2,1-3H3,(H,24,25,27). The molecule has 0 aliphatic heterocycles. The van der Waals surface area contributed by atoms with Gasteiger partial charge < -0.3 is 9.72 Å². The number of ether oxygens (including phenoxy) is 1. The molecule has 6 heteroatoms. The second-order valence-corrected chi connectivity index (χ2v) is 7.83. The van der Waals surface area contributed by atoms with Gasteiger partial charge in [-0.15, -0.1) is 11.3 Å². The van der Waals surface area contributed by atoms with E-state index in [9.17, 15) is 9.59 Å². The summed E-state index contributed by atoms with van der Waals surface area (Å²) < 4.78 is 5.11. The summed E-state index contributed by atoms with van der Waals surface area (Å²) in [6.07, 6.45) is 0.0361. The van der Waals surface area contributed by atoms with Crippen LogP contribution in [0.2, 0.25) is 0 Å². The molecular weight excluding hydrogens is 384 g/mol. The van der Waals surface area contributed by atoms with Crippen molar-refractivity contribution in [1.29, 1.82) is 0 Å². The maximum absolute atomic E-state index is 12.8. The summed E-state index contributed by atoms with van der Waals surface area (Å²) in [6, 6.07) is 13.0. The van der Waals surface area contributed by atoms with Crippen LogP contribution in [0.3, 0.4) is 0 Å². The van der Waals surface area contributed by atoms with E-state index in [1.54, 1.807) is 31.4 Å². The molecule has 0 radical (unpaired) electrons. The number of rotatable bonds is 5. The number of methoxy groups -OCH3 is 1. The van der Waals surface area contributed by atoms with Gasteiger partial charge in [0.1, 0.15) is 16.4 Å². The first-order valence-corrected chi connectivity index (χ1v) is 10.1. The van der Waals surface area contributed by atoms with Gasteiger partial charge in [0.05, 0.1) is 18.9 Å². The van der Waals surface area contributed by atoms with Crippen molar-refractivity contribution in [2.75, 3.05) is 7.11 Å². The number of thiophene rings is 1. The summed E-state index contributed by atoms with van der Waals surface area (Å²) in [5, 5.41) is 2.52. The second kappa shape index (κ2) is 7.64. The third-order valence-corrected chi connectivity index (χ3v) is 5.92.